The number of Topliss-reactive ketones (excluding diaryl/α,β-unsaturated/α-hetero) is 1. The van der Waals surface area contributed by atoms with Crippen LogP contribution in [0.1, 0.15) is 34.6 Å². The Balaban J connectivity index is 4.19. The fourth-order valence-electron chi connectivity index (χ4n) is 1.06. The standard InChI is InChI=1S/C10H21NO/c1-6(2)8(5)9(11)10(12)7(3)4/h6-9H,11H2,1-5H3. The number of rotatable bonds is 4. The van der Waals surface area contributed by atoms with Crippen LogP contribution in [0.3, 0.4) is 0 Å². The zero-order chi connectivity index (χ0) is 9.89. The Hall–Kier alpha value is -0.370. The van der Waals surface area contributed by atoms with Gasteiger partial charge in [0.15, 0.2) is 5.78 Å². The van der Waals surface area contributed by atoms with E-state index in [1.54, 1.807) is 0 Å². The predicted molar refractivity (Wildman–Crippen MR) is 51.8 cm³/mol. The van der Waals surface area contributed by atoms with Gasteiger partial charge in [-0.15, -0.1) is 0 Å². The Labute approximate surface area is 75.5 Å². The first-order valence-electron chi connectivity index (χ1n) is 4.67. The maximum absolute atomic E-state index is 11.5. The van der Waals surface area contributed by atoms with Gasteiger partial charge in [0.2, 0.25) is 0 Å². The molecule has 0 spiro atoms. The first-order valence-corrected chi connectivity index (χ1v) is 4.67. The van der Waals surface area contributed by atoms with Crippen molar-refractivity contribution in [3.63, 3.8) is 0 Å². The van der Waals surface area contributed by atoms with Gasteiger partial charge in [-0.2, -0.15) is 0 Å². The number of carbonyl (C=O) groups is 1. The smallest absolute Gasteiger partial charge is 0.152 e. The summed E-state index contributed by atoms with van der Waals surface area (Å²) in [5.41, 5.74) is 5.81. The Morgan fingerprint density at radius 3 is 1.75 bits per heavy atom. The van der Waals surface area contributed by atoms with Crippen LogP contribution in [0.15, 0.2) is 0 Å². The number of hydrogen-bond acceptors (Lipinski definition) is 2. The molecular weight excluding hydrogens is 150 g/mol. The van der Waals surface area contributed by atoms with Crippen molar-refractivity contribution in [2.45, 2.75) is 40.7 Å². The van der Waals surface area contributed by atoms with Crippen LogP contribution in [0, 0.1) is 17.8 Å². The molecule has 0 aromatic carbocycles. The number of ketones is 1. The Kier molecular flexibility index (Phi) is 4.46. The van der Waals surface area contributed by atoms with Gasteiger partial charge in [-0.3, -0.25) is 4.79 Å². The van der Waals surface area contributed by atoms with E-state index < -0.39 is 0 Å². The zero-order valence-electron chi connectivity index (χ0n) is 8.79. The van der Waals surface area contributed by atoms with Crippen LogP contribution in [0.5, 0.6) is 0 Å². The van der Waals surface area contributed by atoms with E-state index in [-0.39, 0.29) is 23.7 Å². The molecule has 2 nitrogen and oxygen atoms in total. The number of nitrogens with two attached hydrogens (primary N) is 1. The zero-order valence-corrected chi connectivity index (χ0v) is 8.79. The molecule has 72 valence electrons. The monoisotopic (exact) mass is 171 g/mol. The highest BCUT2D eigenvalue weighted by atomic mass is 16.1. The summed E-state index contributed by atoms with van der Waals surface area (Å²) in [6, 6.07) is -0.287. The van der Waals surface area contributed by atoms with Gasteiger partial charge >= 0.3 is 0 Å². The molecule has 0 aromatic heterocycles. The lowest BCUT2D eigenvalue weighted by Crippen LogP contribution is -2.41. The van der Waals surface area contributed by atoms with Gasteiger partial charge < -0.3 is 5.73 Å². The van der Waals surface area contributed by atoms with Gasteiger partial charge in [0.05, 0.1) is 6.04 Å². The van der Waals surface area contributed by atoms with E-state index >= 15 is 0 Å². The van der Waals surface area contributed by atoms with Crippen LogP contribution < -0.4 is 5.73 Å². The van der Waals surface area contributed by atoms with E-state index in [4.69, 9.17) is 5.73 Å². The molecule has 2 unspecified atom stereocenters. The molecule has 0 bridgehead atoms. The van der Waals surface area contributed by atoms with Gasteiger partial charge in [0.25, 0.3) is 0 Å². The fourth-order valence-corrected chi connectivity index (χ4v) is 1.06. The fraction of sp³-hybridized carbons (Fsp3) is 0.900. The van der Waals surface area contributed by atoms with Gasteiger partial charge in [-0.1, -0.05) is 34.6 Å². The quantitative estimate of drug-likeness (QED) is 0.701. The van der Waals surface area contributed by atoms with E-state index in [0.717, 1.165) is 0 Å². The summed E-state index contributed by atoms with van der Waals surface area (Å²) >= 11 is 0. The van der Waals surface area contributed by atoms with E-state index in [1.165, 1.54) is 0 Å². The normalized spacial score (nSPS) is 16.7. The third kappa shape index (κ3) is 2.94. The molecule has 2 N–H and O–H groups in total. The number of hydrogen-bond donors (Lipinski definition) is 1. The van der Waals surface area contributed by atoms with Crippen molar-refractivity contribution in [3.8, 4) is 0 Å². The first-order chi connectivity index (χ1) is 5.37. The summed E-state index contributed by atoms with van der Waals surface area (Å²) in [5, 5.41) is 0. The van der Waals surface area contributed by atoms with E-state index in [0.29, 0.717) is 5.92 Å². The maximum atomic E-state index is 11.5. The third-order valence-electron chi connectivity index (χ3n) is 2.52. The van der Waals surface area contributed by atoms with Crippen molar-refractivity contribution in [1.82, 2.24) is 0 Å². The minimum atomic E-state index is -0.287. The van der Waals surface area contributed by atoms with Crippen LogP contribution in [-0.2, 0) is 4.79 Å². The molecule has 0 aromatic rings. The molecule has 2 atom stereocenters. The topological polar surface area (TPSA) is 43.1 Å². The largest absolute Gasteiger partial charge is 0.321 e. The van der Waals surface area contributed by atoms with E-state index in [9.17, 15) is 4.79 Å². The molecular formula is C10H21NO. The summed E-state index contributed by atoms with van der Waals surface area (Å²) in [7, 11) is 0. The van der Waals surface area contributed by atoms with Crippen molar-refractivity contribution >= 4 is 5.78 Å². The molecule has 0 saturated heterocycles. The van der Waals surface area contributed by atoms with Gasteiger partial charge in [-0.25, -0.2) is 0 Å². The second-order valence-corrected chi connectivity index (χ2v) is 4.19. The molecule has 2 heteroatoms. The van der Waals surface area contributed by atoms with Gasteiger partial charge in [0, 0.05) is 5.92 Å². The summed E-state index contributed by atoms with van der Waals surface area (Å²) < 4.78 is 0. The minimum absolute atomic E-state index is 0.0567. The minimum Gasteiger partial charge on any atom is -0.321 e. The lowest BCUT2D eigenvalue weighted by Gasteiger charge is -2.23. The predicted octanol–water partition coefficient (Wildman–Crippen LogP) is 1.83. The van der Waals surface area contributed by atoms with Crippen LogP contribution in [0.4, 0.5) is 0 Å². The lowest BCUT2D eigenvalue weighted by atomic mass is 9.85. The highest BCUT2D eigenvalue weighted by Crippen LogP contribution is 2.15. The molecule has 0 fully saturated rings. The van der Waals surface area contributed by atoms with E-state index in [2.05, 4.69) is 13.8 Å². The highest BCUT2D eigenvalue weighted by Gasteiger charge is 2.24. The molecule has 0 saturated carbocycles. The van der Waals surface area contributed by atoms with Crippen LogP contribution in [0.2, 0.25) is 0 Å². The van der Waals surface area contributed by atoms with Gasteiger partial charge in [0.1, 0.15) is 0 Å². The summed E-state index contributed by atoms with van der Waals surface area (Å²) in [5.74, 6) is 0.986. The van der Waals surface area contributed by atoms with Crippen molar-refractivity contribution in [2.24, 2.45) is 23.5 Å². The third-order valence-corrected chi connectivity index (χ3v) is 2.52. The Morgan fingerprint density at radius 1 is 1.08 bits per heavy atom. The SMILES string of the molecule is CC(C)C(=O)C(N)C(C)C(C)C. The van der Waals surface area contributed by atoms with Crippen molar-refractivity contribution in [3.05, 3.63) is 0 Å². The average Bonchev–Trinajstić information content (AvgIpc) is 2.00. The molecule has 0 radical (unpaired) electrons. The molecule has 0 rings (SSSR count). The lowest BCUT2D eigenvalue weighted by molar-refractivity contribution is -0.124. The maximum Gasteiger partial charge on any atom is 0.152 e. The first kappa shape index (κ1) is 11.6. The molecule has 0 aliphatic heterocycles. The van der Waals surface area contributed by atoms with Crippen LogP contribution in [-0.4, -0.2) is 11.8 Å². The Morgan fingerprint density at radius 2 is 1.50 bits per heavy atom. The van der Waals surface area contributed by atoms with Crippen LogP contribution in [0.25, 0.3) is 0 Å². The molecule has 12 heavy (non-hydrogen) atoms. The van der Waals surface area contributed by atoms with Crippen molar-refractivity contribution in [1.29, 1.82) is 0 Å². The second-order valence-electron chi connectivity index (χ2n) is 4.19. The van der Waals surface area contributed by atoms with Crippen molar-refractivity contribution in [2.75, 3.05) is 0 Å². The molecule has 0 amide bonds. The average molecular weight is 171 g/mol. The molecule has 0 aliphatic rings. The van der Waals surface area contributed by atoms with Crippen molar-refractivity contribution < 1.29 is 4.79 Å². The second kappa shape index (κ2) is 4.61. The van der Waals surface area contributed by atoms with Crippen LogP contribution >= 0.6 is 0 Å². The van der Waals surface area contributed by atoms with Gasteiger partial charge in [-0.05, 0) is 11.8 Å². The highest BCUT2D eigenvalue weighted by molar-refractivity contribution is 5.85. The Bertz CT molecular complexity index is 152. The van der Waals surface area contributed by atoms with E-state index in [1.807, 2.05) is 20.8 Å². The molecule has 0 heterocycles. The summed E-state index contributed by atoms with van der Waals surface area (Å²) in [6.45, 7) is 10.0. The number of carbonyl (C=O) groups excluding carboxylic acids is 1. The summed E-state index contributed by atoms with van der Waals surface area (Å²) in [6.07, 6.45) is 0. The molecule has 0 aliphatic carbocycles. The summed E-state index contributed by atoms with van der Waals surface area (Å²) in [4.78, 5) is 11.5.